The molecule has 0 bridgehead atoms. The quantitative estimate of drug-likeness (QED) is 0.491. The Morgan fingerprint density at radius 1 is 0.679 bits per heavy atom. The molecule has 0 spiro atoms. The van der Waals surface area contributed by atoms with Crippen molar-refractivity contribution in [3.8, 4) is 11.5 Å². The number of methoxy groups -OCH3 is 2. The van der Waals surface area contributed by atoms with E-state index in [0.29, 0.717) is 6.42 Å². The predicted molar refractivity (Wildman–Crippen MR) is 115 cm³/mol. The second-order valence-electron chi connectivity index (χ2n) is 6.95. The number of hydrogen-bond acceptors (Lipinski definition) is 5. The zero-order valence-corrected chi connectivity index (χ0v) is 21.4. The summed E-state index contributed by atoms with van der Waals surface area (Å²) in [5.41, 5.74) is 4.55. The minimum absolute atomic E-state index is 0. The fraction of sp³-hybridized carbons (Fsp3) is 0.682. The van der Waals surface area contributed by atoms with Crippen LogP contribution in [0.2, 0.25) is 0 Å². The van der Waals surface area contributed by atoms with Crippen molar-refractivity contribution in [2.24, 2.45) is 0 Å². The van der Waals surface area contributed by atoms with Gasteiger partial charge in [0.05, 0.1) is 14.2 Å². The van der Waals surface area contributed by atoms with Crippen LogP contribution in [0.4, 0.5) is 0 Å². The molecule has 6 heteroatoms. The molecule has 0 aromatic heterocycles. The van der Waals surface area contributed by atoms with Gasteiger partial charge in [-0.3, -0.25) is 0 Å². The normalized spacial score (nSPS) is 9.36. The van der Waals surface area contributed by atoms with Crippen LogP contribution in [-0.4, -0.2) is 47.9 Å². The van der Waals surface area contributed by atoms with E-state index in [2.05, 4.69) is 20.8 Å². The van der Waals surface area contributed by atoms with Crippen LogP contribution in [0, 0.1) is 27.7 Å². The second kappa shape index (κ2) is 19.7. The molecule has 0 unspecified atom stereocenters. The minimum Gasteiger partial charge on any atom is -0.496 e. The number of aliphatic hydroxyl groups is 3. The standard InChI is InChI=1S/C13H19O2.3C3H8O.Ti/c1-7-11-10(4)12(14-5)8(2)9(3)13(11)15-6;3*1-3(2)4;/h1,7H2,2-6H3;3*3-4H,1-2H3;/q-1;;;;. The van der Waals surface area contributed by atoms with Crippen LogP contribution >= 0.6 is 0 Å². The molecule has 0 saturated heterocycles. The summed E-state index contributed by atoms with van der Waals surface area (Å²) in [4.78, 5) is 0. The van der Waals surface area contributed by atoms with Crippen LogP contribution in [0.5, 0.6) is 11.5 Å². The average molecular weight is 435 g/mol. The third-order valence-electron chi connectivity index (χ3n) is 2.97. The molecular formula is C22H43O5Ti-. The molecule has 1 aromatic carbocycles. The molecule has 0 aliphatic rings. The number of hydrogen-bond donors (Lipinski definition) is 3. The van der Waals surface area contributed by atoms with E-state index in [1.165, 1.54) is 0 Å². The van der Waals surface area contributed by atoms with E-state index in [-0.39, 0.29) is 40.0 Å². The van der Waals surface area contributed by atoms with Crippen molar-refractivity contribution in [1.29, 1.82) is 0 Å². The first-order valence-electron chi connectivity index (χ1n) is 9.32. The monoisotopic (exact) mass is 435 g/mol. The fourth-order valence-electron chi connectivity index (χ4n) is 2.04. The summed E-state index contributed by atoms with van der Waals surface area (Å²) in [5, 5.41) is 24.2. The van der Waals surface area contributed by atoms with Crippen molar-refractivity contribution in [3.05, 3.63) is 29.2 Å². The Morgan fingerprint density at radius 2 is 0.929 bits per heavy atom. The molecule has 1 rings (SSSR count). The molecule has 0 heterocycles. The maximum absolute atomic E-state index is 8.06. The summed E-state index contributed by atoms with van der Waals surface area (Å²) in [6.07, 6.45) is 0.215. The third kappa shape index (κ3) is 17.5. The van der Waals surface area contributed by atoms with E-state index < -0.39 is 0 Å². The molecule has 0 radical (unpaired) electrons. The molecule has 0 amide bonds. The summed E-state index contributed by atoms with van der Waals surface area (Å²) in [7, 11) is 3.40. The molecule has 5 nitrogen and oxygen atoms in total. The Balaban J connectivity index is -0.000000183. The van der Waals surface area contributed by atoms with Crippen molar-refractivity contribution in [2.75, 3.05) is 14.2 Å². The first-order valence-corrected chi connectivity index (χ1v) is 9.32. The van der Waals surface area contributed by atoms with Gasteiger partial charge in [-0.25, -0.2) is 0 Å². The number of ether oxygens (including phenoxy) is 2. The summed E-state index contributed by atoms with van der Waals surface area (Å²) >= 11 is 0. The zero-order valence-electron chi connectivity index (χ0n) is 19.8. The van der Waals surface area contributed by atoms with Crippen LogP contribution in [-0.2, 0) is 28.1 Å². The molecular weight excluding hydrogens is 392 g/mol. The topological polar surface area (TPSA) is 79.2 Å². The van der Waals surface area contributed by atoms with Gasteiger partial charge in [-0.2, -0.15) is 6.42 Å². The molecule has 0 saturated carbocycles. The van der Waals surface area contributed by atoms with Crippen LogP contribution in [0.1, 0.15) is 63.8 Å². The third-order valence-corrected chi connectivity index (χ3v) is 2.97. The first-order chi connectivity index (χ1) is 12.3. The van der Waals surface area contributed by atoms with Gasteiger partial charge >= 0.3 is 0 Å². The van der Waals surface area contributed by atoms with Crippen molar-refractivity contribution >= 4 is 0 Å². The van der Waals surface area contributed by atoms with Gasteiger partial charge in [0.25, 0.3) is 0 Å². The van der Waals surface area contributed by atoms with Crippen molar-refractivity contribution < 1.29 is 46.5 Å². The van der Waals surface area contributed by atoms with Gasteiger partial charge in [-0.1, -0.05) is 0 Å². The Morgan fingerprint density at radius 3 is 1.14 bits per heavy atom. The van der Waals surface area contributed by atoms with Gasteiger partial charge in [0.15, 0.2) is 0 Å². The molecule has 0 aliphatic carbocycles. The van der Waals surface area contributed by atoms with Gasteiger partial charge in [0.2, 0.25) is 0 Å². The predicted octanol–water partition coefficient (Wildman–Crippen LogP) is 4.16. The van der Waals surface area contributed by atoms with Gasteiger partial charge in [0.1, 0.15) is 11.5 Å². The number of aliphatic hydroxyl groups excluding tert-OH is 3. The van der Waals surface area contributed by atoms with Gasteiger partial charge in [0, 0.05) is 40.0 Å². The molecule has 0 atom stereocenters. The maximum atomic E-state index is 8.06. The first kappa shape index (κ1) is 34.9. The van der Waals surface area contributed by atoms with Crippen LogP contribution < -0.4 is 9.47 Å². The Labute approximate surface area is 188 Å². The molecule has 28 heavy (non-hydrogen) atoms. The van der Waals surface area contributed by atoms with Crippen LogP contribution in [0.25, 0.3) is 0 Å². The zero-order chi connectivity index (χ0) is 22.3. The van der Waals surface area contributed by atoms with E-state index in [1.807, 2.05) is 6.92 Å². The number of rotatable bonds is 3. The van der Waals surface area contributed by atoms with E-state index in [9.17, 15) is 0 Å². The molecule has 3 N–H and O–H groups in total. The van der Waals surface area contributed by atoms with E-state index >= 15 is 0 Å². The minimum atomic E-state index is -0.167. The smallest absolute Gasteiger partial charge is 0.125 e. The van der Waals surface area contributed by atoms with Crippen LogP contribution in [0.3, 0.4) is 0 Å². The summed E-state index contributed by atoms with van der Waals surface area (Å²) in [6, 6.07) is 0. The fourth-order valence-corrected chi connectivity index (χ4v) is 2.04. The summed E-state index contributed by atoms with van der Waals surface area (Å²) in [5.74, 6) is 1.90. The van der Waals surface area contributed by atoms with E-state index in [4.69, 9.17) is 24.8 Å². The van der Waals surface area contributed by atoms with Crippen LogP contribution in [0.15, 0.2) is 0 Å². The Bertz CT molecular complexity index is 478. The Hall–Kier alpha value is -0.586. The average Bonchev–Trinajstić information content (AvgIpc) is 2.49. The van der Waals surface area contributed by atoms with Gasteiger partial charge < -0.3 is 31.7 Å². The number of benzene rings is 1. The van der Waals surface area contributed by atoms with E-state index in [0.717, 1.165) is 33.8 Å². The maximum Gasteiger partial charge on any atom is 0.125 e. The molecule has 166 valence electrons. The van der Waals surface area contributed by atoms with E-state index in [1.54, 1.807) is 55.8 Å². The molecule has 0 aliphatic heterocycles. The second-order valence-corrected chi connectivity index (χ2v) is 6.95. The van der Waals surface area contributed by atoms with Crippen molar-refractivity contribution in [1.82, 2.24) is 0 Å². The van der Waals surface area contributed by atoms with Crippen molar-refractivity contribution in [2.45, 2.75) is 87.0 Å². The van der Waals surface area contributed by atoms with Crippen molar-refractivity contribution in [3.63, 3.8) is 0 Å². The Kier molecular flexibility index (Phi) is 24.6. The van der Waals surface area contributed by atoms with Gasteiger partial charge in [-0.05, 0) is 84.6 Å². The molecule has 1 aromatic rings. The SMILES string of the molecule is CC(C)O.CC(C)O.CC(C)O.[CH2-]Cc1c(C)c(OC)c(C)c(C)c1OC.[Ti]. The molecule has 0 fully saturated rings. The summed E-state index contributed by atoms with van der Waals surface area (Å²) in [6.45, 7) is 20.4. The summed E-state index contributed by atoms with van der Waals surface area (Å²) < 4.78 is 10.8. The van der Waals surface area contributed by atoms with Gasteiger partial charge in [-0.15, -0.1) is 0 Å². The largest absolute Gasteiger partial charge is 0.496 e.